The average molecular weight is 297 g/mol. The Morgan fingerprint density at radius 2 is 2.05 bits per heavy atom. The van der Waals surface area contributed by atoms with E-state index in [4.69, 9.17) is 5.11 Å². The molecule has 1 amide bonds. The third-order valence-corrected chi connectivity index (χ3v) is 2.64. The van der Waals surface area contributed by atoms with E-state index < -0.39 is 10.9 Å². The van der Waals surface area contributed by atoms with Gasteiger partial charge >= 0.3 is 5.97 Å². The topological polar surface area (TPSA) is 132 Å². The quantitative estimate of drug-likeness (QED) is 0.517. The number of hydrogen-bond donors (Lipinski definition) is 2. The summed E-state index contributed by atoms with van der Waals surface area (Å²) >= 11 is 0. The molecule has 9 nitrogen and oxygen atoms in total. The number of nitro groups is 1. The number of aromatic nitrogens is 1. The van der Waals surface area contributed by atoms with E-state index in [1.54, 1.807) is 0 Å². The Bertz CT molecular complexity index is 595. The highest BCUT2D eigenvalue weighted by molar-refractivity contribution is 5.76. The number of nitrogens with one attached hydrogen (secondary N) is 1. The van der Waals surface area contributed by atoms with Crippen LogP contribution in [0.5, 0.6) is 0 Å². The highest BCUT2D eigenvalue weighted by Crippen LogP contribution is 2.07. The number of carbonyl (C=O) groups is 2. The molecule has 2 N–H and O–H groups in total. The highest BCUT2D eigenvalue weighted by Gasteiger charge is 2.08. The molecule has 1 rings (SSSR count). The molecule has 0 radical (unpaired) electrons. The van der Waals surface area contributed by atoms with Crippen molar-refractivity contribution in [3.63, 3.8) is 0 Å². The molecule has 0 spiro atoms. The van der Waals surface area contributed by atoms with Crippen LogP contribution in [-0.4, -0.2) is 33.0 Å². The Kier molecular flexibility index (Phi) is 6.05. The Morgan fingerprint density at radius 1 is 1.33 bits per heavy atom. The van der Waals surface area contributed by atoms with Gasteiger partial charge in [-0.05, 0) is 6.42 Å². The van der Waals surface area contributed by atoms with Crippen LogP contribution in [-0.2, 0) is 16.1 Å². The van der Waals surface area contributed by atoms with E-state index in [9.17, 15) is 24.5 Å². The predicted molar refractivity (Wildman–Crippen MR) is 71.9 cm³/mol. The van der Waals surface area contributed by atoms with Gasteiger partial charge in [0.2, 0.25) is 5.91 Å². The Hall–Kier alpha value is -2.71. The molecule has 0 aromatic carbocycles. The van der Waals surface area contributed by atoms with Gasteiger partial charge < -0.3 is 15.0 Å². The number of nitrogens with zero attached hydrogens (tertiary/aromatic N) is 2. The maximum absolute atomic E-state index is 11.5. The lowest BCUT2D eigenvalue weighted by Gasteiger charge is -2.06. The van der Waals surface area contributed by atoms with Crippen molar-refractivity contribution in [3.8, 4) is 0 Å². The van der Waals surface area contributed by atoms with Crippen molar-refractivity contribution in [1.82, 2.24) is 9.88 Å². The van der Waals surface area contributed by atoms with Gasteiger partial charge in [-0.2, -0.15) is 0 Å². The van der Waals surface area contributed by atoms with Crippen molar-refractivity contribution >= 4 is 17.6 Å². The molecular weight excluding hydrogens is 282 g/mol. The maximum Gasteiger partial charge on any atom is 0.305 e. The second-order valence-electron chi connectivity index (χ2n) is 4.27. The standard InChI is InChI=1S/C12H15N3O6/c16-10(13-6-5-12(18)19)2-1-7-14-8-9(15(20)21)3-4-11(14)17/h3-4,8H,1-2,5-7H2,(H,13,16)(H,18,19). The third-order valence-electron chi connectivity index (χ3n) is 2.64. The fourth-order valence-corrected chi connectivity index (χ4v) is 1.61. The largest absolute Gasteiger partial charge is 0.481 e. The molecule has 0 fully saturated rings. The van der Waals surface area contributed by atoms with Gasteiger partial charge in [0.25, 0.3) is 11.2 Å². The number of carbonyl (C=O) groups excluding carboxylic acids is 1. The van der Waals surface area contributed by atoms with Crippen LogP contribution in [0.15, 0.2) is 23.1 Å². The van der Waals surface area contributed by atoms with Crippen LogP contribution in [0.1, 0.15) is 19.3 Å². The molecule has 0 aliphatic rings. The van der Waals surface area contributed by atoms with Crippen LogP contribution in [0.4, 0.5) is 5.69 Å². The number of carboxylic acid groups (broad SMARTS) is 1. The highest BCUT2D eigenvalue weighted by atomic mass is 16.6. The smallest absolute Gasteiger partial charge is 0.305 e. The van der Waals surface area contributed by atoms with Gasteiger partial charge in [-0.25, -0.2) is 0 Å². The van der Waals surface area contributed by atoms with Gasteiger partial charge in [0.1, 0.15) is 0 Å². The molecule has 0 unspecified atom stereocenters. The number of aryl methyl sites for hydroxylation is 1. The van der Waals surface area contributed by atoms with Crippen molar-refractivity contribution in [3.05, 3.63) is 38.8 Å². The van der Waals surface area contributed by atoms with Gasteiger partial charge in [-0.3, -0.25) is 24.5 Å². The number of aliphatic carboxylic acids is 1. The van der Waals surface area contributed by atoms with Crippen molar-refractivity contribution in [2.24, 2.45) is 0 Å². The Labute approximate surface area is 119 Å². The molecule has 21 heavy (non-hydrogen) atoms. The third kappa shape index (κ3) is 5.85. The summed E-state index contributed by atoms with van der Waals surface area (Å²) in [6.45, 7) is 0.220. The minimum Gasteiger partial charge on any atom is -0.481 e. The van der Waals surface area contributed by atoms with Crippen LogP contribution in [0, 0.1) is 10.1 Å². The molecule has 0 saturated carbocycles. The molecule has 0 aliphatic carbocycles. The van der Waals surface area contributed by atoms with Crippen LogP contribution >= 0.6 is 0 Å². The first-order valence-electron chi connectivity index (χ1n) is 6.23. The molecule has 0 aliphatic heterocycles. The van der Waals surface area contributed by atoms with E-state index >= 15 is 0 Å². The van der Waals surface area contributed by atoms with Crippen molar-refractivity contribution in [2.75, 3.05) is 6.54 Å². The molecule has 0 bridgehead atoms. The SMILES string of the molecule is O=C(O)CCNC(=O)CCCn1cc([N+](=O)[O-])ccc1=O. The van der Waals surface area contributed by atoms with Crippen molar-refractivity contribution in [2.45, 2.75) is 25.8 Å². The van der Waals surface area contributed by atoms with Gasteiger partial charge in [-0.15, -0.1) is 0 Å². The summed E-state index contributed by atoms with van der Waals surface area (Å²) < 4.78 is 1.17. The molecule has 9 heteroatoms. The first-order valence-corrected chi connectivity index (χ1v) is 6.23. The first-order chi connectivity index (χ1) is 9.90. The van der Waals surface area contributed by atoms with E-state index in [0.717, 1.165) is 18.3 Å². The number of amides is 1. The Morgan fingerprint density at radius 3 is 2.67 bits per heavy atom. The normalized spacial score (nSPS) is 10.1. The summed E-state index contributed by atoms with van der Waals surface area (Å²) in [6, 6.07) is 2.22. The molecule has 1 heterocycles. The zero-order chi connectivity index (χ0) is 15.8. The lowest BCUT2D eigenvalue weighted by Crippen LogP contribution is -2.26. The lowest BCUT2D eigenvalue weighted by molar-refractivity contribution is -0.385. The fraction of sp³-hybridized carbons (Fsp3) is 0.417. The maximum atomic E-state index is 11.5. The van der Waals surface area contributed by atoms with E-state index in [-0.39, 0.29) is 43.1 Å². The number of hydrogen-bond acceptors (Lipinski definition) is 5. The summed E-state index contributed by atoms with van der Waals surface area (Å²) in [4.78, 5) is 43.1. The number of pyridine rings is 1. The van der Waals surface area contributed by atoms with Gasteiger partial charge in [0, 0.05) is 31.6 Å². The summed E-state index contributed by atoms with van der Waals surface area (Å²) in [5.41, 5.74) is -0.576. The number of carboxylic acids is 1. The summed E-state index contributed by atoms with van der Waals surface area (Å²) in [5, 5.41) is 21.4. The monoisotopic (exact) mass is 297 g/mol. The van der Waals surface area contributed by atoms with E-state index in [0.29, 0.717) is 6.42 Å². The summed E-state index contributed by atoms with van der Waals surface area (Å²) in [6.07, 6.45) is 1.40. The van der Waals surface area contributed by atoms with Gasteiger partial charge in [-0.1, -0.05) is 0 Å². The minimum absolute atomic E-state index is 0.0466. The van der Waals surface area contributed by atoms with E-state index in [1.165, 1.54) is 4.57 Å². The van der Waals surface area contributed by atoms with Crippen LogP contribution in [0.3, 0.4) is 0 Å². The predicted octanol–water partition coefficient (Wildman–Crippen LogP) is 0.128. The number of rotatable bonds is 8. The van der Waals surface area contributed by atoms with E-state index in [1.807, 2.05) is 0 Å². The minimum atomic E-state index is -1.00. The van der Waals surface area contributed by atoms with Crippen LogP contribution < -0.4 is 10.9 Å². The van der Waals surface area contributed by atoms with Gasteiger partial charge in [0.15, 0.2) is 0 Å². The molecule has 1 aromatic rings. The van der Waals surface area contributed by atoms with Crippen molar-refractivity contribution in [1.29, 1.82) is 0 Å². The second kappa shape index (κ2) is 7.78. The van der Waals surface area contributed by atoms with Crippen LogP contribution in [0.2, 0.25) is 0 Å². The zero-order valence-electron chi connectivity index (χ0n) is 11.2. The summed E-state index contributed by atoms with van der Waals surface area (Å²) in [5.74, 6) is -1.33. The van der Waals surface area contributed by atoms with E-state index in [2.05, 4.69) is 5.32 Å². The Balaban J connectivity index is 2.43. The lowest BCUT2D eigenvalue weighted by atomic mass is 10.2. The molecule has 1 aromatic heterocycles. The summed E-state index contributed by atoms with van der Waals surface area (Å²) in [7, 11) is 0. The molecular formula is C12H15N3O6. The first kappa shape index (κ1) is 16.3. The average Bonchev–Trinajstić information content (AvgIpc) is 2.40. The molecule has 0 saturated heterocycles. The fourth-order valence-electron chi connectivity index (χ4n) is 1.61. The molecule has 0 atom stereocenters. The molecule has 114 valence electrons. The second-order valence-corrected chi connectivity index (χ2v) is 4.27. The van der Waals surface area contributed by atoms with Crippen LogP contribution in [0.25, 0.3) is 0 Å². The zero-order valence-corrected chi connectivity index (χ0v) is 11.2. The van der Waals surface area contributed by atoms with Crippen molar-refractivity contribution < 1.29 is 19.6 Å². The van der Waals surface area contributed by atoms with Gasteiger partial charge in [0.05, 0.1) is 17.5 Å².